The first kappa shape index (κ1) is 13.9. The summed E-state index contributed by atoms with van der Waals surface area (Å²) in [6, 6.07) is 4.27. The molecule has 1 N–H and O–H groups in total. The molecule has 0 aromatic heterocycles. The Morgan fingerprint density at radius 3 is 2.67 bits per heavy atom. The first-order chi connectivity index (χ1) is 8.47. The van der Waals surface area contributed by atoms with Gasteiger partial charge in [0.25, 0.3) is 0 Å². The van der Waals surface area contributed by atoms with Crippen LogP contribution < -0.4 is 4.74 Å². The van der Waals surface area contributed by atoms with Crippen LogP contribution in [0.5, 0.6) is 5.75 Å². The third-order valence-electron chi connectivity index (χ3n) is 2.37. The second-order valence-electron chi connectivity index (χ2n) is 3.52. The molecule has 1 aromatic carbocycles. The fraction of sp³-hybridized carbons (Fsp3) is 0.333. The van der Waals surface area contributed by atoms with E-state index >= 15 is 0 Å². The minimum absolute atomic E-state index is 0.0485. The number of hydrogen-bond acceptors (Lipinski definition) is 3. The molecule has 96 valence electrons. The van der Waals surface area contributed by atoms with Gasteiger partial charge in [0.1, 0.15) is 5.75 Å². The number of nitrogens with zero attached hydrogens (tertiary/aromatic N) is 1. The van der Waals surface area contributed by atoms with Gasteiger partial charge in [-0.25, -0.2) is 0 Å². The Bertz CT molecular complexity index is 495. The third-order valence-corrected chi connectivity index (χ3v) is 2.37. The fourth-order valence-corrected chi connectivity index (χ4v) is 1.65. The van der Waals surface area contributed by atoms with Crippen LogP contribution in [0.25, 0.3) is 0 Å². The van der Waals surface area contributed by atoms with Crippen LogP contribution in [0.4, 0.5) is 8.78 Å². The number of benzene rings is 1. The average Bonchev–Trinajstić information content (AvgIpc) is 2.29. The van der Waals surface area contributed by atoms with Gasteiger partial charge in [0.2, 0.25) is 0 Å². The number of hydrogen-bond donors (Lipinski definition) is 1. The van der Waals surface area contributed by atoms with Crippen LogP contribution in [0.2, 0.25) is 0 Å². The summed E-state index contributed by atoms with van der Waals surface area (Å²) >= 11 is 0. The first-order valence-electron chi connectivity index (χ1n) is 5.20. The molecule has 4 nitrogen and oxygen atoms in total. The van der Waals surface area contributed by atoms with Crippen LogP contribution in [0.3, 0.4) is 0 Å². The van der Waals surface area contributed by atoms with Crippen molar-refractivity contribution in [2.24, 2.45) is 0 Å². The number of carboxylic acids is 1. The van der Waals surface area contributed by atoms with Crippen molar-refractivity contribution in [1.29, 1.82) is 5.26 Å². The van der Waals surface area contributed by atoms with E-state index in [9.17, 15) is 13.6 Å². The van der Waals surface area contributed by atoms with Gasteiger partial charge in [-0.3, -0.25) is 4.79 Å². The molecule has 0 bridgehead atoms. The van der Waals surface area contributed by atoms with E-state index in [2.05, 4.69) is 4.74 Å². The summed E-state index contributed by atoms with van der Waals surface area (Å²) < 4.78 is 28.4. The van der Waals surface area contributed by atoms with Gasteiger partial charge >= 0.3 is 12.6 Å². The normalized spacial score (nSPS) is 10.2. The van der Waals surface area contributed by atoms with Gasteiger partial charge < -0.3 is 9.84 Å². The highest BCUT2D eigenvalue weighted by Crippen LogP contribution is 2.25. The Balaban J connectivity index is 3.26. The number of ether oxygens (including phenoxy) is 1. The van der Waals surface area contributed by atoms with E-state index in [0.717, 1.165) is 6.07 Å². The van der Waals surface area contributed by atoms with Crippen molar-refractivity contribution in [2.45, 2.75) is 26.4 Å². The monoisotopic (exact) mass is 255 g/mol. The number of rotatable bonds is 5. The number of aliphatic carboxylic acids is 1. The molecule has 0 heterocycles. The smallest absolute Gasteiger partial charge is 0.387 e. The summed E-state index contributed by atoms with van der Waals surface area (Å²) in [5.74, 6) is -1.21. The van der Waals surface area contributed by atoms with Crippen LogP contribution in [-0.2, 0) is 17.6 Å². The fourth-order valence-electron chi connectivity index (χ4n) is 1.65. The van der Waals surface area contributed by atoms with E-state index in [1.165, 1.54) is 6.07 Å². The first-order valence-corrected chi connectivity index (χ1v) is 5.20. The molecule has 0 aliphatic carbocycles. The molecule has 0 spiro atoms. The van der Waals surface area contributed by atoms with Crippen molar-refractivity contribution in [2.75, 3.05) is 0 Å². The molecule has 6 heteroatoms. The Morgan fingerprint density at radius 2 is 2.22 bits per heavy atom. The molecule has 0 unspecified atom stereocenters. The largest absolute Gasteiger partial charge is 0.481 e. The summed E-state index contributed by atoms with van der Waals surface area (Å²) in [7, 11) is 0. The van der Waals surface area contributed by atoms with Crippen LogP contribution in [0.15, 0.2) is 12.1 Å². The van der Waals surface area contributed by atoms with Crippen LogP contribution >= 0.6 is 0 Å². The predicted molar refractivity (Wildman–Crippen MR) is 58.5 cm³/mol. The standard InChI is InChI=1S/C12H11F2NO3/c1-2-7-3-9(18-12(13)14)4-8(6-15)10(7)5-11(16)17/h3-4,12H,2,5H2,1H3,(H,16,17). The molecule has 1 rings (SSSR count). The maximum Gasteiger partial charge on any atom is 0.387 e. The van der Waals surface area contributed by atoms with Gasteiger partial charge in [-0.1, -0.05) is 6.92 Å². The Kier molecular flexibility index (Phi) is 4.60. The molecule has 0 saturated heterocycles. The molecule has 0 saturated carbocycles. The second kappa shape index (κ2) is 5.96. The topological polar surface area (TPSA) is 70.3 Å². The maximum absolute atomic E-state index is 12.1. The third kappa shape index (κ3) is 3.42. The van der Waals surface area contributed by atoms with Crippen molar-refractivity contribution in [3.05, 3.63) is 28.8 Å². The van der Waals surface area contributed by atoms with Crippen molar-refractivity contribution >= 4 is 5.97 Å². The zero-order chi connectivity index (χ0) is 13.7. The molecule has 0 aliphatic heterocycles. The molecule has 0 amide bonds. The highest BCUT2D eigenvalue weighted by Gasteiger charge is 2.15. The summed E-state index contributed by atoms with van der Waals surface area (Å²) in [5, 5.41) is 17.7. The lowest BCUT2D eigenvalue weighted by atomic mass is 9.96. The molecule has 0 fully saturated rings. The predicted octanol–water partition coefficient (Wildman–Crippen LogP) is 2.35. The SMILES string of the molecule is CCc1cc(OC(F)F)cc(C#N)c1CC(=O)O. The van der Waals surface area contributed by atoms with Gasteiger partial charge in [-0.05, 0) is 29.7 Å². The van der Waals surface area contributed by atoms with Gasteiger partial charge in [-0.2, -0.15) is 14.0 Å². The van der Waals surface area contributed by atoms with E-state index in [1.807, 2.05) is 0 Å². The minimum atomic E-state index is -2.98. The number of carboxylic acid groups (broad SMARTS) is 1. The van der Waals surface area contributed by atoms with Crippen molar-refractivity contribution < 1.29 is 23.4 Å². The molecular formula is C12H11F2NO3. The summed E-state index contributed by atoms with van der Waals surface area (Å²) in [4.78, 5) is 10.7. The molecule has 0 radical (unpaired) electrons. The van der Waals surface area contributed by atoms with Crippen molar-refractivity contribution in [1.82, 2.24) is 0 Å². The Labute approximate surface area is 102 Å². The molecular weight excluding hydrogens is 244 g/mol. The highest BCUT2D eigenvalue weighted by molar-refractivity contribution is 5.72. The number of carbonyl (C=O) groups is 1. The lowest BCUT2D eigenvalue weighted by molar-refractivity contribution is -0.136. The maximum atomic E-state index is 12.1. The van der Waals surface area contributed by atoms with Crippen LogP contribution in [0, 0.1) is 11.3 Å². The summed E-state index contributed by atoms with van der Waals surface area (Å²) in [6.45, 7) is -1.24. The van der Waals surface area contributed by atoms with Gasteiger partial charge in [0.05, 0.1) is 18.1 Å². The van der Waals surface area contributed by atoms with Gasteiger partial charge in [0.15, 0.2) is 0 Å². The Hall–Kier alpha value is -2.16. The van der Waals surface area contributed by atoms with Crippen molar-refractivity contribution in [3.63, 3.8) is 0 Å². The lowest BCUT2D eigenvalue weighted by Crippen LogP contribution is -2.08. The molecule has 0 aliphatic rings. The quantitative estimate of drug-likeness (QED) is 0.876. The highest BCUT2D eigenvalue weighted by atomic mass is 19.3. The molecule has 18 heavy (non-hydrogen) atoms. The Morgan fingerprint density at radius 1 is 1.56 bits per heavy atom. The molecule has 0 atom stereocenters. The number of nitriles is 1. The van der Waals surface area contributed by atoms with Gasteiger partial charge in [-0.15, -0.1) is 0 Å². The zero-order valence-corrected chi connectivity index (χ0v) is 9.61. The van der Waals surface area contributed by atoms with Gasteiger partial charge in [0, 0.05) is 0 Å². The summed E-state index contributed by atoms with van der Waals surface area (Å²) in [5.41, 5.74) is 0.911. The average molecular weight is 255 g/mol. The van der Waals surface area contributed by atoms with Crippen LogP contribution in [-0.4, -0.2) is 17.7 Å². The molecule has 1 aromatic rings. The summed E-state index contributed by atoms with van der Waals surface area (Å²) in [6.07, 6.45) is 0.110. The van der Waals surface area contributed by atoms with E-state index in [1.54, 1.807) is 13.0 Å². The van der Waals surface area contributed by atoms with Crippen molar-refractivity contribution in [3.8, 4) is 11.8 Å². The number of aryl methyl sites for hydroxylation is 1. The number of alkyl halides is 2. The van der Waals surface area contributed by atoms with E-state index in [-0.39, 0.29) is 17.7 Å². The van der Waals surface area contributed by atoms with Crippen LogP contribution in [0.1, 0.15) is 23.6 Å². The lowest BCUT2D eigenvalue weighted by Gasteiger charge is -2.12. The number of halogens is 2. The zero-order valence-electron chi connectivity index (χ0n) is 9.61. The minimum Gasteiger partial charge on any atom is -0.481 e. The van der Waals surface area contributed by atoms with E-state index in [0.29, 0.717) is 17.5 Å². The van der Waals surface area contributed by atoms with E-state index in [4.69, 9.17) is 10.4 Å². The second-order valence-corrected chi connectivity index (χ2v) is 3.52. The van der Waals surface area contributed by atoms with E-state index < -0.39 is 12.6 Å².